The predicted octanol–water partition coefficient (Wildman–Crippen LogP) is 2.88. The molecule has 7 heteroatoms. The average Bonchev–Trinajstić information content (AvgIpc) is 3.09. The molecule has 0 fully saturated rings. The molecule has 0 aliphatic carbocycles. The lowest BCUT2D eigenvalue weighted by Gasteiger charge is -2.06. The Morgan fingerprint density at radius 2 is 1.88 bits per heavy atom. The number of carbonyl (C=O) groups is 1. The molecule has 3 aromatic rings. The van der Waals surface area contributed by atoms with Crippen LogP contribution in [0.1, 0.15) is 11.5 Å². The Kier molecular flexibility index (Phi) is 5.03. The number of ether oxygens (including phenoxy) is 1. The van der Waals surface area contributed by atoms with Crippen LogP contribution in [0.5, 0.6) is 5.75 Å². The van der Waals surface area contributed by atoms with Gasteiger partial charge in [0.1, 0.15) is 11.6 Å². The van der Waals surface area contributed by atoms with E-state index in [2.05, 4.69) is 15.5 Å². The second-order valence-corrected chi connectivity index (χ2v) is 5.40. The van der Waals surface area contributed by atoms with Gasteiger partial charge in [0, 0.05) is 5.56 Å². The summed E-state index contributed by atoms with van der Waals surface area (Å²) in [7, 11) is 0. The van der Waals surface area contributed by atoms with Gasteiger partial charge in [-0.1, -0.05) is 22.9 Å². The number of rotatable bonds is 6. The van der Waals surface area contributed by atoms with Gasteiger partial charge in [-0.15, -0.1) is 0 Å². The van der Waals surface area contributed by atoms with Crippen molar-refractivity contribution in [2.24, 2.45) is 0 Å². The Hall–Kier alpha value is -3.22. The summed E-state index contributed by atoms with van der Waals surface area (Å²) >= 11 is 0. The van der Waals surface area contributed by atoms with E-state index in [1.54, 1.807) is 24.3 Å². The first kappa shape index (κ1) is 16.6. The van der Waals surface area contributed by atoms with E-state index in [1.165, 1.54) is 12.1 Å². The number of amides is 1. The number of benzene rings is 2. The zero-order valence-corrected chi connectivity index (χ0v) is 13.5. The Bertz CT molecular complexity index is 845. The van der Waals surface area contributed by atoms with Crippen LogP contribution in [0.3, 0.4) is 0 Å². The fourth-order valence-electron chi connectivity index (χ4n) is 2.05. The van der Waals surface area contributed by atoms with Gasteiger partial charge in [0.15, 0.2) is 6.61 Å². The largest absolute Gasteiger partial charge is 0.484 e. The van der Waals surface area contributed by atoms with Crippen molar-refractivity contribution in [1.82, 2.24) is 15.5 Å². The van der Waals surface area contributed by atoms with Gasteiger partial charge in [-0.05, 0) is 43.3 Å². The van der Waals surface area contributed by atoms with E-state index < -0.39 is 0 Å². The number of halogens is 1. The minimum Gasteiger partial charge on any atom is -0.484 e. The maximum atomic E-state index is 12.9. The number of aryl methyl sites for hydroxylation is 1. The van der Waals surface area contributed by atoms with Gasteiger partial charge in [-0.2, -0.15) is 4.98 Å². The summed E-state index contributed by atoms with van der Waals surface area (Å²) in [5.74, 6) is 0.565. The maximum absolute atomic E-state index is 12.9. The van der Waals surface area contributed by atoms with Crippen LogP contribution in [-0.4, -0.2) is 22.7 Å². The molecule has 1 N–H and O–H groups in total. The molecule has 3 rings (SSSR count). The van der Waals surface area contributed by atoms with Crippen molar-refractivity contribution in [1.29, 1.82) is 0 Å². The van der Waals surface area contributed by atoms with Gasteiger partial charge in [0.2, 0.25) is 11.7 Å². The lowest BCUT2D eigenvalue weighted by molar-refractivity contribution is -0.123. The molecule has 128 valence electrons. The summed E-state index contributed by atoms with van der Waals surface area (Å²) in [6.07, 6.45) is 0. The molecule has 2 aromatic carbocycles. The first-order chi connectivity index (χ1) is 12.1. The maximum Gasteiger partial charge on any atom is 0.258 e. The zero-order valence-electron chi connectivity index (χ0n) is 13.5. The molecule has 1 aromatic heterocycles. The van der Waals surface area contributed by atoms with Crippen LogP contribution in [-0.2, 0) is 11.3 Å². The molecule has 0 saturated heterocycles. The normalized spacial score (nSPS) is 10.5. The Morgan fingerprint density at radius 1 is 1.16 bits per heavy atom. The van der Waals surface area contributed by atoms with Crippen LogP contribution in [0.2, 0.25) is 0 Å². The van der Waals surface area contributed by atoms with Crippen molar-refractivity contribution in [3.63, 3.8) is 0 Å². The molecule has 6 nitrogen and oxygen atoms in total. The molecule has 0 radical (unpaired) electrons. The molecule has 1 amide bonds. The van der Waals surface area contributed by atoms with Crippen LogP contribution in [0.15, 0.2) is 53.1 Å². The summed E-state index contributed by atoms with van der Waals surface area (Å²) in [5, 5.41) is 6.44. The monoisotopic (exact) mass is 341 g/mol. The van der Waals surface area contributed by atoms with E-state index in [-0.39, 0.29) is 30.8 Å². The van der Waals surface area contributed by atoms with Crippen molar-refractivity contribution < 1.29 is 18.4 Å². The van der Waals surface area contributed by atoms with Gasteiger partial charge in [0.25, 0.3) is 5.91 Å². The standard InChI is InChI=1S/C18H16FN3O3/c1-12-2-8-15(9-3-12)24-11-16(23)20-10-17-21-18(22-25-17)13-4-6-14(19)7-5-13/h2-9H,10-11H2,1H3,(H,20,23). The third kappa shape index (κ3) is 4.63. The summed E-state index contributed by atoms with van der Waals surface area (Å²) in [5.41, 5.74) is 1.75. The highest BCUT2D eigenvalue weighted by Crippen LogP contribution is 2.16. The van der Waals surface area contributed by atoms with Crippen molar-refractivity contribution in [3.05, 3.63) is 65.8 Å². The van der Waals surface area contributed by atoms with E-state index in [1.807, 2.05) is 19.1 Å². The number of hydrogen-bond acceptors (Lipinski definition) is 5. The van der Waals surface area contributed by atoms with E-state index in [0.29, 0.717) is 17.1 Å². The first-order valence-corrected chi connectivity index (χ1v) is 7.65. The van der Waals surface area contributed by atoms with Gasteiger partial charge in [-0.25, -0.2) is 4.39 Å². The third-order valence-corrected chi connectivity index (χ3v) is 3.40. The lowest BCUT2D eigenvalue weighted by atomic mass is 10.2. The molecule has 0 saturated carbocycles. The summed E-state index contributed by atoms with van der Waals surface area (Å²) in [6, 6.07) is 13.2. The number of nitrogens with zero attached hydrogens (tertiary/aromatic N) is 2. The molecule has 0 spiro atoms. The zero-order chi connectivity index (χ0) is 17.6. The average molecular weight is 341 g/mol. The van der Waals surface area contributed by atoms with Gasteiger partial charge >= 0.3 is 0 Å². The highest BCUT2D eigenvalue weighted by Gasteiger charge is 2.10. The highest BCUT2D eigenvalue weighted by atomic mass is 19.1. The number of nitrogens with one attached hydrogen (secondary N) is 1. The van der Waals surface area contributed by atoms with Crippen LogP contribution < -0.4 is 10.1 Å². The van der Waals surface area contributed by atoms with E-state index in [9.17, 15) is 9.18 Å². The van der Waals surface area contributed by atoms with E-state index in [0.717, 1.165) is 5.56 Å². The fraction of sp³-hybridized carbons (Fsp3) is 0.167. The highest BCUT2D eigenvalue weighted by molar-refractivity contribution is 5.77. The van der Waals surface area contributed by atoms with Crippen LogP contribution in [0.4, 0.5) is 4.39 Å². The third-order valence-electron chi connectivity index (χ3n) is 3.40. The predicted molar refractivity (Wildman–Crippen MR) is 88.2 cm³/mol. The minimum absolute atomic E-state index is 0.0876. The molecule has 0 aliphatic rings. The second kappa shape index (κ2) is 7.57. The SMILES string of the molecule is Cc1ccc(OCC(=O)NCc2nc(-c3ccc(F)cc3)no2)cc1. The Labute approximate surface area is 143 Å². The number of hydrogen-bond donors (Lipinski definition) is 1. The van der Waals surface area contributed by atoms with Crippen molar-refractivity contribution in [3.8, 4) is 17.1 Å². The summed E-state index contributed by atoms with van der Waals surface area (Å²) < 4.78 is 23.4. The summed E-state index contributed by atoms with van der Waals surface area (Å²) in [4.78, 5) is 16.0. The lowest BCUT2D eigenvalue weighted by Crippen LogP contribution is -2.28. The van der Waals surface area contributed by atoms with Crippen molar-refractivity contribution >= 4 is 5.91 Å². The number of carbonyl (C=O) groups excluding carboxylic acids is 1. The van der Waals surface area contributed by atoms with Gasteiger partial charge in [-0.3, -0.25) is 4.79 Å². The van der Waals surface area contributed by atoms with Crippen molar-refractivity contribution in [2.45, 2.75) is 13.5 Å². The molecule has 0 aliphatic heterocycles. The molecule has 0 atom stereocenters. The van der Waals surface area contributed by atoms with Crippen molar-refractivity contribution in [2.75, 3.05) is 6.61 Å². The van der Waals surface area contributed by atoms with Crippen LogP contribution in [0.25, 0.3) is 11.4 Å². The molecular formula is C18H16FN3O3. The van der Waals surface area contributed by atoms with E-state index >= 15 is 0 Å². The smallest absolute Gasteiger partial charge is 0.258 e. The fourth-order valence-corrected chi connectivity index (χ4v) is 2.05. The molecule has 1 heterocycles. The molecule has 0 unspecified atom stereocenters. The molecular weight excluding hydrogens is 325 g/mol. The van der Waals surface area contributed by atoms with Crippen LogP contribution >= 0.6 is 0 Å². The molecule has 25 heavy (non-hydrogen) atoms. The Balaban J connectivity index is 1.49. The van der Waals surface area contributed by atoms with Crippen LogP contribution in [0, 0.1) is 12.7 Å². The Morgan fingerprint density at radius 3 is 2.60 bits per heavy atom. The molecule has 0 bridgehead atoms. The van der Waals surface area contributed by atoms with E-state index in [4.69, 9.17) is 9.26 Å². The quantitative estimate of drug-likeness (QED) is 0.746. The number of aromatic nitrogens is 2. The first-order valence-electron chi connectivity index (χ1n) is 7.65. The topological polar surface area (TPSA) is 77.2 Å². The van der Waals surface area contributed by atoms with Gasteiger partial charge in [0.05, 0.1) is 6.54 Å². The summed E-state index contributed by atoms with van der Waals surface area (Å²) in [6.45, 7) is 1.95. The minimum atomic E-state index is -0.340. The van der Waals surface area contributed by atoms with Gasteiger partial charge < -0.3 is 14.6 Å². The second-order valence-electron chi connectivity index (χ2n) is 5.40.